The minimum absolute atomic E-state index is 0. The van der Waals surface area contributed by atoms with Crippen LogP contribution in [-0.2, 0) is 13.0 Å². The van der Waals surface area contributed by atoms with Crippen molar-refractivity contribution < 1.29 is 4.79 Å². The Morgan fingerprint density at radius 1 is 1.03 bits per heavy atom. The number of carbonyl (C=O) groups is 1. The summed E-state index contributed by atoms with van der Waals surface area (Å²) in [6.45, 7) is 4.20. The quantitative estimate of drug-likeness (QED) is 0.291. The fourth-order valence-corrected chi connectivity index (χ4v) is 2.78. The smallest absolute Gasteiger partial charge is 0.251 e. The van der Waals surface area contributed by atoms with Gasteiger partial charge in [-0.25, -0.2) is 4.99 Å². The molecule has 0 spiro atoms. The van der Waals surface area contributed by atoms with Gasteiger partial charge in [-0.15, -0.1) is 24.0 Å². The fraction of sp³-hybridized carbons (Fsp3) is 0.364. The monoisotopic (exact) mass is 509 g/mol. The molecule has 6 nitrogen and oxygen atoms in total. The summed E-state index contributed by atoms with van der Waals surface area (Å²) in [6.07, 6.45) is 0.811. The summed E-state index contributed by atoms with van der Waals surface area (Å²) in [5.74, 6) is 0.727. The van der Waals surface area contributed by atoms with E-state index in [2.05, 4.69) is 57.0 Å². The number of anilines is 1. The van der Waals surface area contributed by atoms with Crippen molar-refractivity contribution in [3.05, 3.63) is 65.2 Å². The van der Waals surface area contributed by atoms with Gasteiger partial charge in [-0.3, -0.25) is 4.79 Å². The lowest BCUT2D eigenvalue weighted by molar-refractivity contribution is 0.0963. The summed E-state index contributed by atoms with van der Waals surface area (Å²) < 4.78 is 0. The number of rotatable bonds is 8. The SMILES string of the molecule is CCNC(=NCc1cccc(N(C)C)c1)NCCc1cccc(C(=O)NC)c1.I. The van der Waals surface area contributed by atoms with Crippen molar-refractivity contribution in [2.24, 2.45) is 4.99 Å². The molecule has 2 aromatic carbocycles. The number of guanidine groups is 1. The zero-order valence-corrected chi connectivity index (χ0v) is 20.0. The van der Waals surface area contributed by atoms with Crippen LogP contribution in [0.5, 0.6) is 0 Å². The van der Waals surface area contributed by atoms with E-state index in [-0.39, 0.29) is 29.9 Å². The number of hydrogen-bond acceptors (Lipinski definition) is 3. The fourth-order valence-electron chi connectivity index (χ4n) is 2.78. The van der Waals surface area contributed by atoms with Crippen molar-refractivity contribution in [2.75, 3.05) is 39.1 Å². The van der Waals surface area contributed by atoms with E-state index < -0.39 is 0 Å². The molecule has 1 amide bonds. The lowest BCUT2D eigenvalue weighted by Gasteiger charge is -2.14. The molecule has 0 aliphatic rings. The normalized spacial score (nSPS) is 10.7. The first-order valence-electron chi connectivity index (χ1n) is 9.63. The molecule has 3 N–H and O–H groups in total. The molecule has 0 saturated heterocycles. The maximum absolute atomic E-state index is 11.8. The lowest BCUT2D eigenvalue weighted by atomic mass is 10.1. The van der Waals surface area contributed by atoms with Gasteiger partial charge < -0.3 is 20.9 Å². The van der Waals surface area contributed by atoms with Crippen LogP contribution in [0, 0.1) is 0 Å². The number of aliphatic imine (C=N–C) groups is 1. The van der Waals surface area contributed by atoms with Gasteiger partial charge in [0.2, 0.25) is 0 Å². The van der Waals surface area contributed by atoms with Crippen molar-refractivity contribution in [1.82, 2.24) is 16.0 Å². The van der Waals surface area contributed by atoms with Gasteiger partial charge in [-0.1, -0.05) is 24.3 Å². The summed E-state index contributed by atoms with van der Waals surface area (Å²) in [6, 6.07) is 16.1. The van der Waals surface area contributed by atoms with Crippen LogP contribution in [-0.4, -0.2) is 46.1 Å². The van der Waals surface area contributed by atoms with Gasteiger partial charge in [0.05, 0.1) is 6.54 Å². The van der Waals surface area contributed by atoms with Gasteiger partial charge in [-0.05, 0) is 48.7 Å². The first-order chi connectivity index (χ1) is 13.5. The summed E-state index contributed by atoms with van der Waals surface area (Å²) in [5, 5.41) is 9.30. The number of nitrogens with one attached hydrogen (secondary N) is 3. The van der Waals surface area contributed by atoms with Crippen molar-refractivity contribution in [3.63, 3.8) is 0 Å². The Morgan fingerprint density at radius 2 is 1.76 bits per heavy atom. The topological polar surface area (TPSA) is 68.8 Å². The van der Waals surface area contributed by atoms with Crippen LogP contribution in [0.1, 0.15) is 28.4 Å². The number of hydrogen-bond donors (Lipinski definition) is 3. The Labute approximate surface area is 191 Å². The zero-order chi connectivity index (χ0) is 20.4. The third-order valence-electron chi connectivity index (χ3n) is 4.31. The highest BCUT2D eigenvalue weighted by Crippen LogP contribution is 2.14. The average Bonchev–Trinajstić information content (AvgIpc) is 2.71. The molecule has 7 heteroatoms. The lowest BCUT2D eigenvalue weighted by Crippen LogP contribution is -2.38. The largest absolute Gasteiger partial charge is 0.378 e. The van der Waals surface area contributed by atoms with Crippen LogP contribution in [0.3, 0.4) is 0 Å². The van der Waals surface area contributed by atoms with E-state index in [1.165, 1.54) is 11.3 Å². The molecule has 158 valence electrons. The molecule has 29 heavy (non-hydrogen) atoms. The molecule has 0 bridgehead atoms. The molecule has 0 unspecified atom stereocenters. The molecule has 0 aliphatic heterocycles. The third kappa shape index (κ3) is 8.31. The molecule has 0 aliphatic carbocycles. The first-order valence-corrected chi connectivity index (χ1v) is 9.63. The summed E-state index contributed by atoms with van der Waals surface area (Å²) >= 11 is 0. The Bertz CT molecular complexity index is 807. The Hall–Kier alpha value is -2.29. The van der Waals surface area contributed by atoms with E-state index in [9.17, 15) is 4.79 Å². The van der Waals surface area contributed by atoms with Gasteiger partial charge in [0.25, 0.3) is 5.91 Å². The molecule has 2 aromatic rings. The maximum atomic E-state index is 11.8. The maximum Gasteiger partial charge on any atom is 0.251 e. The van der Waals surface area contributed by atoms with Crippen molar-refractivity contribution >= 4 is 41.5 Å². The van der Waals surface area contributed by atoms with E-state index in [1.54, 1.807) is 7.05 Å². The Morgan fingerprint density at radius 3 is 2.45 bits per heavy atom. The number of halogens is 1. The van der Waals surface area contributed by atoms with Crippen molar-refractivity contribution in [2.45, 2.75) is 19.9 Å². The predicted molar refractivity (Wildman–Crippen MR) is 133 cm³/mol. The summed E-state index contributed by atoms with van der Waals surface area (Å²) in [5.41, 5.74) is 4.13. The van der Waals surface area contributed by atoms with Gasteiger partial charge >= 0.3 is 0 Å². The van der Waals surface area contributed by atoms with Crippen LogP contribution in [0.4, 0.5) is 5.69 Å². The van der Waals surface area contributed by atoms with E-state index in [0.29, 0.717) is 12.1 Å². The van der Waals surface area contributed by atoms with E-state index >= 15 is 0 Å². The van der Waals surface area contributed by atoms with Crippen LogP contribution in [0.25, 0.3) is 0 Å². The number of benzene rings is 2. The first kappa shape index (κ1) is 24.7. The molecule has 0 fully saturated rings. The molecule has 0 atom stereocenters. The molecule has 2 rings (SSSR count). The minimum atomic E-state index is -0.0651. The second kappa shape index (κ2) is 13.0. The van der Waals surface area contributed by atoms with Gasteiger partial charge in [0.15, 0.2) is 5.96 Å². The molecule has 0 saturated carbocycles. The van der Waals surface area contributed by atoms with Gasteiger partial charge in [-0.2, -0.15) is 0 Å². The minimum Gasteiger partial charge on any atom is -0.378 e. The molecule has 0 aromatic heterocycles. The van der Waals surface area contributed by atoms with Crippen LogP contribution >= 0.6 is 24.0 Å². The van der Waals surface area contributed by atoms with Crippen LogP contribution in [0.2, 0.25) is 0 Å². The standard InChI is InChI=1S/C22H31N5O.HI/c1-5-24-22(26-16-18-9-7-11-20(15-18)27(3)4)25-13-12-17-8-6-10-19(14-17)21(28)23-2;/h6-11,14-15H,5,12-13,16H2,1-4H3,(H,23,28)(H2,24,25,26);1H. The predicted octanol–water partition coefficient (Wildman–Crippen LogP) is 3.03. The Kier molecular flexibility index (Phi) is 11.1. The highest BCUT2D eigenvalue weighted by atomic mass is 127. The second-order valence-electron chi connectivity index (χ2n) is 6.72. The van der Waals surface area contributed by atoms with E-state index in [1.807, 2.05) is 38.4 Å². The van der Waals surface area contributed by atoms with Gasteiger partial charge in [0, 0.05) is 45.5 Å². The molecule has 0 heterocycles. The summed E-state index contributed by atoms with van der Waals surface area (Å²) in [7, 11) is 5.71. The van der Waals surface area contributed by atoms with Crippen LogP contribution < -0.4 is 20.9 Å². The third-order valence-corrected chi connectivity index (χ3v) is 4.31. The average molecular weight is 509 g/mol. The van der Waals surface area contributed by atoms with E-state index in [0.717, 1.165) is 31.0 Å². The van der Waals surface area contributed by atoms with Crippen molar-refractivity contribution in [3.8, 4) is 0 Å². The van der Waals surface area contributed by atoms with Crippen molar-refractivity contribution in [1.29, 1.82) is 0 Å². The molecular formula is C22H32IN5O. The Balaban J connectivity index is 0.00000420. The highest BCUT2D eigenvalue weighted by Gasteiger charge is 2.04. The van der Waals surface area contributed by atoms with Gasteiger partial charge in [0.1, 0.15) is 0 Å². The summed E-state index contributed by atoms with van der Waals surface area (Å²) in [4.78, 5) is 18.5. The number of nitrogens with zero attached hydrogens (tertiary/aromatic N) is 2. The second-order valence-corrected chi connectivity index (χ2v) is 6.72. The van der Waals surface area contributed by atoms with E-state index in [4.69, 9.17) is 0 Å². The number of carbonyl (C=O) groups excluding carboxylic acids is 1. The molecular weight excluding hydrogens is 477 g/mol. The molecule has 0 radical (unpaired) electrons. The zero-order valence-electron chi connectivity index (χ0n) is 17.7. The highest BCUT2D eigenvalue weighted by molar-refractivity contribution is 14.0. The van der Waals surface area contributed by atoms with Crippen LogP contribution in [0.15, 0.2) is 53.5 Å². The number of amides is 1.